The average Bonchev–Trinajstić information content (AvgIpc) is 1.84. The second-order valence-electron chi connectivity index (χ2n) is 3.03. The van der Waals surface area contributed by atoms with E-state index < -0.39 is 0 Å². The number of hydrogen-bond donors (Lipinski definition) is 0. The monoisotopic (exact) mass is 153 g/mol. The van der Waals surface area contributed by atoms with Gasteiger partial charge in [0.05, 0.1) is 0 Å². The van der Waals surface area contributed by atoms with Crippen molar-refractivity contribution in [3.63, 3.8) is 0 Å². The number of rotatable bonds is 2. The number of nitrogens with zero attached hydrogens (tertiary/aromatic N) is 1. The minimum absolute atomic E-state index is 0.136. The van der Waals surface area contributed by atoms with Gasteiger partial charge in [-0.3, -0.25) is 4.79 Å². The van der Waals surface area contributed by atoms with E-state index >= 15 is 0 Å². The summed E-state index contributed by atoms with van der Waals surface area (Å²) in [7, 11) is 1.88. The van der Waals surface area contributed by atoms with E-state index in [2.05, 4.69) is 0 Å². The van der Waals surface area contributed by atoms with Crippen molar-refractivity contribution in [2.24, 2.45) is 0 Å². The van der Waals surface area contributed by atoms with Crippen LogP contribution < -0.4 is 0 Å². The molecule has 0 radical (unpaired) electrons. The molecule has 0 heterocycles. The van der Waals surface area contributed by atoms with Crippen LogP contribution in [-0.2, 0) is 4.79 Å². The lowest BCUT2D eigenvalue weighted by Crippen LogP contribution is -2.40. The zero-order valence-electron chi connectivity index (χ0n) is 7.21. The molecule has 0 unspecified atom stereocenters. The fourth-order valence-corrected chi connectivity index (χ4v) is 1.21. The highest BCUT2D eigenvalue weighted by Crippen LogP contribution is 2.23. The molecule has 0 aromatic rings. The molecule has 0 aromatic carbocycles. The summed E-state index contributed by atoms with van der Waals surface area (Å²) >= 11 is 0. The third kappa shape index (κ3) is 1.82. The van der Waals surface area contributed by atoms with Gasteiger partial charge in [0.15, 0.2) is 0 Å². The van der Waals surface area contributed by atoms with Crippen molar-refractivity contribution in [3.8, 4) is 0 Å². The summed E-state index contributed by atoms with van der Waals surface area (Å²) in [6.45, 7) is 1.87. The van der Waals surface area contributed by atoms with E-state index in [1.54, 1.807) is 12.2 Å². The molecule has 62 valence electrons. The van der Waals surface area contributed by atoms with Crippen molar-refractivity contribution < 1.29 is 4.79 Å². The summed E-state index contributed by atoms with van der Waals surface area (Å²) in [6, 6.07) is 0.513. The Morgan fingerprint density at radius 2 is 2.18 bits per heavy atom. The molecule has 2 heteroatoms. The number of likely N-dealkylation sites (N-methyl/N-ethyl adjacent to an activating group) is 1. The molecule has 0 spiro atoms. The van der Waals surface area contributed by atoms with Crippen molar-refractivity contribution in [2.75, 3.05) is 7.05 Å². The topological polar surface area (TPSA) is 20.3 Å². The Bertz CT molecular complexity index is 170. The molecule has 0 saturated heterocycles. The third-order valence-electron chi connectivity index (χ3n) is 2.28. The van der Waals surface area contributed by atoms with E-state index in [1.807, 2.05) is 18.9 Å². The molecule has 0 N–H and O–H groups in total. The van der Waals surface area contributed by atoms with Gasteiger partial charge < -0.3 is 4.90 Å². The van der Waals surface area contributed by atoms with Gasteiger partial charge in [0.25, 0.3) is 0 Å². The Balaban J connectivity index is 2.38. The van der Waals surface area contributed by atoms with Crippen molar-refractivity contribution >= 4 is 5.91 Å². The first-order chi connectivity index (χ1) is 5.25. The predicted octanol–water partition coefficient (Wildman–Crippen LogP) is 1.57. The molecule has 1 rings (SSSR count). The lowest BCUT2D eigenvalue weighted by atomic mass is 9.92. The minimum Gasteiger partial charge on any atom is -0.339 e. The molecule has 0 bridgehead atoms. The van der Waals surface area contributed by atoms with Gasteiger partial charge in [0.1, 0.15) is 0 Å². The average molecular weight is 153 g/mol. The first-order valence-electron chi connectivity index (χ1n) is 4.15. The molecule has 1 amide bonds. The molecule has 1 aliphatic carbocycles. The van der Waals surface area contributed by atoms with E-state index in [9.17, 15) is 4.79 Å². The van der Waals surface area contributed by atoms with Crippen LogP contribution >= 0.6 is 0 Å². The van der Waals surface area contributed by atoms with Gasteiger partial charge in [-0.05, 0) is 32.3 Å². The minimum atomic E-state index is 0.136. The van der Waals surface area contributed by atoms with Crippen molar-refractivity contribution in [2.45, 2.75) is 32.2 Å². The maximum Gasteiger partial charge on any atom is 0.246 e. The van der Waals surface area contributed by atoms with Gasteiger partial charge in [0, 0.05) is 13.1 Å². The first-order valence-corrected chi connectivity index (χ1v) is 4.15. The summed E-state index contributed by atoms with van der Waals surface area (Å²) in [4.78, 5) is 13.1. The molecular weight excluding hydrogens is 138 g/mol. The number of amides is 1. The SMILES string of the molecule is C/C=C/C(=O)N(C)C1CCC1. The van der Waals surface area contributed by atoms with Crippen LogP contribution in [0.25, 0.3) is 0 Å². The standard InChI is InChI=1S/C9H15NO/c1-3-5-9(11)10(2)8-6-4-7-8/h3,5,8H,4,6-7H2,1-2H3/b5-3+. The van der Waals surface area contributed by atoms with E-state index in [1.165, 1.54) is 19.3 Å². The number of hydrogen-bond acceptors (Lipinski definition) is 1. The molecule has 0 atom stereocenters. The highest BCUT2D eigenvalue weighted by molar-refractivity contribution is 5.87. The second-order valence-corrected chi connectivity index (χ2v) is 3.03. The maximum atomic E-state index is 11.2. The Kier molecular flexibility index (Phi) is 2.69. The van der Waals surface area contributed by atoms with Gasteiger partial charge in [-0.25, -0.2) is 0 Å². The van der Waals surface area contributed by atoms with Gasteiger partial charge in [0.2, 0.25) is 5.91 Å². The summed E-state index contributed by atoms with van der Waals surface area (Å²) in [5, 5.41) is 0. The Labute approximate surface area is 67.9 Å². The smallest absolute Gasteiger partial charge is 0.246 e. The zero-order valence-corrected chi connectivity index (χ0v) is 7.21. The highest BCUT2D eigenvalue weighted by Gasteiger charge is 2.23. The van der Waals surface area contributed by atoms with Crippen LogP contribution in [0.15, 0.2) is 12.2 Å². The van der Waals surface area contributed by atoms with Gasteiger partial charge in [-0.2, -0.15) is 0 Å². The second kappa shape index (κ2) is 3.56. The molecule has 0 aromatic heterocycles. The first kappa shape index (κ1) is 8.31. The summed E-state index contributed by atoms with van der Waals surface area (Å²) < 4.78 is 0. The lowest BCUT2D eigenvalue weighted by Gasteiger charge is -2.34. The Hall–Kier alpha value is -0.790. The third-order valence-corrected chi connectivity index (χ3v) is 2.28. The van der Waals surface area contributed by atoms with E-state index in [0.29, 0.717) is 6.04 Å². The van der Waals surface area contributed by atoms with E-state index in [-0.39, 0.29) is 5.91 Å². The van der Waals surface area contributed by atoms with E-state index in [0.717, 1.165) is 0 Å². The number of carbonyl (C=O) groups is 1. The number of allylic oxidation sites excluding steroid dienone is 1. The quantitative estimate of drug-likeness (QED) is 0.551. The van der Waals surface area contributed by atoms with Crippen LogP contribution in [0.2, 0.25) is 0 Å². The molecule has 1 aliphatic rings. The Morgan fingerprint density at radius 1 is 1.55 bits per heavy atom. The molecule has 0 aliphatic heterocycles. The molecule has 1 fully saturated rings. The van der Waals surface area contributed by atoms with Crippen LogP contribution in [0, 0.1) is 0 Å². The zero-order chi connectivity index (χ0) is 8.27. The van der Waals surface area contributed by atoms with Gasteiger partial charge in [-0.15, -0.1) is 0 Å². The van der Waals surface area contributed by atoms with Crippen molar-refractivity contribution in [3.05, 3.63) is 12.2 Å². The van der Waals surface area contributed by atoms with Gasteiger partial charge >= 0.3 is 0 Å². The largest absolute Gasteiger partial charge is 0.339 e. The van der Waals surface area contributed by atoms with Gasteiger partial charge in [-0.1, -0.05) is 6.08 Å². The summed E-state index contributed by atoms with van der Waals surface area (Å²) in [5.41, 5.74) is 0. The fraction of sp³-hybridized carbons (Fsp3) is 0.667. The summed E-state index contributed by atoms with van der Waals surface area (Å²) in [6.07, 6.45) is 7.05. The van der Waals surface area contributed by atoms with Crippen molar-refractivity contribution in [1.29, 1.82) is 0 Å². The van der Waals surface area contributed by atoms with Crippen LogP contribution in [-0.4, -0.2) is 23.9 Å². The Morgan fingerprint density at radius 3 is 2.55 bits per heavy atom. The molecule has 2 nitrogen and oxygen atoms in total. The van der Waals surface area contributed by atoms with Crippen LogP contribution in [0.5, 0.6) is 0 Å². The molecular formula is C9H15NO. The van der Waals surface area contributed by atoms with Crippen LogP contribution in [0.1, 0.15) is 26.2 Å². The predicted molar refractivity (Wildman–Crippen MR) is 45.2 cm³/mol. The van der Waals surface area contributed by atoms with Crippen molar-refractivity contribution in [1.82, 2.24) is 4.90 Å². The fourth-order valence-electron chi connectivity index (χ4n) is 1.21. The lowest BCUT2D eigenvalue weighted by molar-refractivity contribution is -0.128. The number of carbonyl (C=O) groups excluding carboxylic acids is 1. The molecule has 11 heavy (non-hydrogen) atoms. The van der Waals surface area contributed by atoms with Crippen LogP contribution in [0.3, 0.4) is 0 Å². The maximum absolute atomic E-state index is 11.2. The van der Waals surface area contributed by atoms with E-state index in [4.69, 9.17) is 0 Å². The molecule has 1 saturated carbocycles. The highest BCUT2D eigenvalue weighted by atomic mass is 16.2. The normalized spacial score (nSPS) is 18.4. The summed E-state index contributed by atoms with van der Waals surface area (Å²) in [5.74, 6) is 0.136. The van der Waals surface area contributed by atoms with Crippen LogP contribution in [0.4, 0.5) is 0 Å².